The summed E-state index contributed by atoms with van der Waals surface area (Å²) in [6, 6.07) is 17.4. The molecule has 41 heavy (non-hydrogen) atoms. The molecular formula is C31H30ClFN6O2. The van der Waals surface area contributed by atoms with Crippen LogP contribution in [0.5, 0.6) is 5.75 Å². The molecule has 10 heteroatoms. The van der Waals surface area contributed by atoms with E-state index >= 15 is 0 Å². The summed E-state index contributed by atoms with van der Waals surface area (Å²) in [5, 5.41) is 7.11. The minimum atomic E-state index is -0.309. The van der Waals surface area contributed by atoms with Crippen molar-refractivity contribution >= 4 is 23.1 Å². The zero-order valence-corrected chi connectivity index (χ0v) is 23.2. The SMILES string of the molecule is Fc1cccc(COc2ccc(Nc3ncncc3C#Cc3cccc(CNCCN4CCOCC4)n3)cc2Cl)c1. The van der Waals surface area contributed by atoms with Gasteiger partial charge >= 0.3 is 0 Å². The van der Waals surface area contributed by atoms with E-state index in [0.717, 1.165) is 45.1 Å². The normalized spacial score (nSPS) is 13.3. The maximum absolute atomic E-state index is 13.4. The number of ether oxygens (including phenoxy) is 2. The van der Waals surface area contributed by atoms with Gasteiger partial charge in [0.2, 0.25) is 0 Å². The number of pyridine rings is 1. The fourth-order valence-electron chi connectivity index (χ4n) is 4.20. The Balaban J connectivity index is 1.18. The second kappa shape index (κ2) is 14.5. The van der Waals surface area contributed by atoms with Crippen LogP contribution in [-0.4, -0.2) is 59.2 Å². The fourth-order valence-corrected chi connectivity index (χ4v) is 4.43. The Morgan fingerprint density at radius 3 is 2.78 bits per heavy atom. The first-order chi connectivity index (χ1) is 20.1. The summed E-state index contributed by atoms with van der Waals surface area (Å²) >= 11 is 6.45. The van der Waals surface area contributed by atoms with Crippen molar-refractivity contribution in [2.45, 2.75) is 13.2 Å². The van der Waals surface area contributed by atoms with E-state index in [-0.39, 0.29) is 12.4 Å². The summed E-state index contributed by atoms with van der Waals surface area (Å²) in [7, 11) is 0. The van der Waals surface area contributed by atoms with Crippen LogP contribution in [0, 0.1) is 17.7 Å². The number of morpholine rings is 1. The summed E-state index contributed by atoms with van der Waals surface area (Å²) in [5.41, 5.74) is 3.63. The minimum Gasteiger partial charge on any atom is -0.487 e. The molecule has 0 unspecified atom stereocenters. The highest BCUT2D eigenvalue weighted by atomic mass is 35.5. The average molecular weight is 573 g/mol. The van der Waals surface area contributed by atoms with Crippen molar-refractivity contribution in [1.29, 1.82) is 0 Å². The van der Waals surface area contributed by atoms with Crippen LogP contribution in [0.15, 0.2) is 73.2 Å². The van der Waals surface area contributed by atoms with Crippen LogP contribution in [-0.2, 0) is 17.9 Å². The second-order valence-electron chi connectivity index (χ2n) is 9.37. The van der Waals surface area contributed by atoms with Gasteiger partial charge in [-0.15, -0.1) is 0 Å². The van der Waals surface area contributed by atoms with Gasteiger partial charge in [0, 0.05) is 44.6 Å². The number of rotatable bonds is 10. The number of hydrogen-bond acceptors (Lipinski definition) is 8. The third-order valence-electron chi connectivity index (χ3n) is 6.34. The largest absolute Gasteiger partial charge is 0.487 e. The summed E-state index contributed by atoms with van der Waals surface area (Å²) in [6.45, 7) is 6.33. The molecule has 0 radical (unpaired) electrons. The maximum Gasteiger partial charge on any atom is 0.149 e. The van der Waals surface area contributed by atoms with E-state index < -0.39 is 0 Å². The molecule has 0 aliphatic carbocycles. The van der Waals surface area contributed by atoms with Crippen molar-refractivity contribution in [1.82, 2.24) is 25.2 Å². The molecule has 4 aromatic rings. The number of nitrogens with zero attached hydrogens (tertiary/aromatic N) is 4. The molecule has 5 rings (SSSR count). The molecule has 2 aromatic heterocycles. The number of nitrogens with one attached hydrogen (secondary N) is 2. The van der Waals surface area contributed by atoms with Gasteiger partial charge < -0.3 is 20.1 Å². The Hall–Kier alpha value is -4.07. The maximum atomic E-state index is 13.4. The van der Waals surface area contributed by atoms with E-state index in [1.54, 1.807) is 30.5 Å². The highest BCUT2D eigenvalue weighted by Crippen LogP contribution is 2.30. The minimum absolute atomic E-state index is 0.204. The molecule has 0 amide bonds. The smallest absolute Gasteiger partial charge is 0.149 e. The molecule has 1 saturated heterocycles. The standard InChI is InChI=1S/C31H30ClFN6O2/c32-29-18-27(9-10-30(29)41-21-23-3-1-4-25(33)17-23)38-31-24(19-35-22-36-31)7-8-26-5-2-6-28(37-26)20-34-11-12-39-13-15-40-16-14-39/h1-6,9-10,17-19,22,34H,11-16,20-21H2,(H,35,36,38). The van der Waals surface area contributed by atoms with E-state index in [1.165, 1.54) is 18.5 Å². The molecule has 1 aliphatic heterocycles. The topological polar surface area (TPSA) is 84.4 Å². The fraction of sp³-hybridized carbons (Fsp3) is 0.258. The second-order valence-corrected chi connectivity index (χ2v) is 9.78. The lowest BCUT2D eigenvalue weighted by Gasteiger charge is -2.26. The molecule has 2 N–H and O–H groups in total. The molecule has 1 aliphatic rings. The van der Waals surface area contributed by atoms with Crippen LogP contribution in [0.2, 0.25) is 5.02 Å². The summed E-state index contributed by atoms with van der Waals surface area (Å²) in [4.78, 5) is 15.5. The zero-order chi connectivity index (χ0) is 28.3. The van der Waals surface area contributed by atoms with E-state index in [4.69, 9.17) is 21.1 Å². The van der Waals surface area contributed by atoms with Gasteiger partial charge in [-0.25, -0.2) is 19.3 Å². The van der Waals surface area contributed by atoms with Gasteiger partial charge in [0.1, 0.15) is 36.0 Å². The van der Waals surface area contributed by atoms with E-state index in [2.05, 4.69) is 42.3 Å². The number of benzene rings is 2. The number of halogens is 2. The number of anilines is 2. The molecule has 0 saturated carbocycles. The van der Waals surface area contributed by atoms with Gasteiger partial charge in [-0.1, -0.05) is 35.7 Å². The zero-order valence-electron chi connectivity index (χ0n) is 22.4. The summed E-state index contributed by atoms with van der Waals surface area (Å²) in [6.07, 6.45) is 3.10. The van der Waals surface area contributed by atoms with Crippen LogP contribution < -0.4 is 15.4 Å². The van der Waals surface area contributed by atoms with Gasteiger partial charge in [0.15, 0.2) is 0 Å². The van der Waals surface area contributed by atoms with Crippen molar-refractivity contribution in [3.05, 3.63) is 107 Å². The average Bonchev–Trinajstić information content (AvgIpc) is 2.99. The number of hydrogen-bond donors (Lipinski definition) is 2. The summed E-state index contributed by atoms with van der Waals surface area (Å²) < 4.78 is 24.6. The quantitative estimate of drug-likeness (QED) is 0.207. The highest BCUT2D eigenvalue weighted by molar-refractivity contribution is 6.32. The van der Waals surface area contributed by atoms with E-state index in [9.17, 15) is 4.39 Å². The van der Waals surface area contributed by atoms with Crippen LogP contribution in [0.25, 0.3) is 0 Å². The van der Waals surface area contributed by atoms with Crippen molar-refractivity contribution in [3.63, 3.8) is 0 Å². The van der Waals surface area contributed by atoms with Gasteiger partial charge in [-0.2, -0.15) is 0 Å². The van der Waals surface area contributed by atoms with Gasteiger partial charge in [-0.3, -0.25) is 4.90 Å². The highest BCUT2D eigenvalue weighted by Gasteiger charge is 2.10. The molecule has 3 heterocycles. The molecule has 0 spiro atoms. The van der Waals surface area contributed by atoms with Crippen molar-refractivity contribution < 1.29 is 13.9 Å². The van der Waals surface area contributed by atoms with Crippen LogP contribution in [0.3, 0.4) is 0 Å². The monoisotopic (exact) mass is 572 g/mol. The van der Waals surface area contributed by atoms with Gasteiger partial charge in [-0.05, 0) is 53.9 Å². The molecule has 210 valence electrons. The Labute approximate surface area is 243 Å². The first-order valence-electron chi connectivity index (χ1n) is 13.3. The van der Waals surface area contributed by atoms with Gasteiger partial charge in [0.25, 0.3) is 0 Å². The summed E-state index contributed by atoms with van der Waals surface area (Å²) in [5.74, 6) is 6.97. The van der Waals surface area contributed by atoms with Crippen molar-refractivity contribution in [3.8, 4) is 17.6 Å². The van der Waals surface area contributed by atoms with Crippen LogP contribution >= 0.6 is 11.6 Å². The van der Waals surface area contributed by atoms with E-state index in [0.29, 0.717) is 45.6 Å². The van der Waals surface area contributed by atoms with Crippen molar-refractivity contribution in [2.24, 2.45) is 0 Å². The lowest BCUT2D eigenvalue weighted by atomic mass is 10.2. The molecule has 0 bridgehead atoms. The third kappa shape index (κ3) is 8.71. The Morgan fingerprint density at radius 1 is 1.05 bits per heavy atom. The van der Waals surface area contributed by atoms with Crippen molar-refractivity contribution in [2.75, 3.05) is 44.7 Å². The van der Waals surface area contributed by atoms with Crippen LogP contribution in [0.1, 0.15) is 22.5 Å². The van der Waals surface area contributed by atoms with Crippen LogP contribution in [0.4, 0.5) is 15.9 Å². The molecule has 0 atom stereocenters. The predicted octanol–water partition coefficient (Wildman–Crippen LogP) is 4.81. The molecular weight excluding hydrogens is 543 g/mol. The molecule has 1 fully saturated rings. The lowest BCUT2D eigenvalue weighted by molar-refractivity contribution is 0.0384. The first kappa shape index (κ1) is 28.5. The lowest BCUT2D eigenvalue weighted by Crippen LogP contribution is -2.40. The Kier molecular flexibility index (Phi) is 10.1. The predicted molar refractivity (Wildman–Crippen MR) is 157 cm³/mol. The third-order valence-corrected chi connectivity index (χ3v) is 6.63. The Morgan fingerprint density at radius 2 is 1.93 bits per heavy atom. The first-order valence-corrected chi connectivity index (χ1v) is 13.7. The molecule has 2 aromatic carbocycles. The molecule has 8 nitrogen and oxygen atoms in total. The van der Waals surface area contributed by atoms with E-state index in [1.807, 2.05) is 24.3 Å². The number of aromatic nitrogens is 3. The Bertz CT molecular complexity index is 1520. The van der Waals surface area contributed by atoms with Gasteiger partial charge in [0.05, 0.1) is 29.5 Å².